The summed E-state index contributed by atoms with van der Waals surface area (Å²) in [6.45, 7) is 3.06. The van der Waals surface area contributed by atoms with Gasteiger partial charge in [0.2, 0.25) is 5.91 Å². The highest BCUT2D eigenvalue weighted by Crippen LogP contribution is 2.50. The molecule has 5 nitrogen and oxygen atoms in total. The van der Waals surface area contributed by atoms with Crippen LogP contribution in [-0.2, 0) is 4.79 Å². The summed E-state index contributed by atoms with van der Waals surface area (Å²) >= 11 is 0. The average Bonchev–Trinajstić information content (AvgIpc) is 2.82. The zero-order valence-corrected chi connectivity index (χ0v) is 19.0. The number of hydrogen-bond acceptors (Lipinski definition) is 4. The molecule has 170 valence electrons. The Morgan fingerprint density at radius 2 is 1.94 bits per heavy atom. The lowest BCUT2D eigenvalue weighted by atomic mass is 9.66. The van der Waals surface area contributed by atoms with Crippen LogP contribution < -0.4 is 9.47 Å². The average molecular weight is 436 g/mol. The maximum atomic E-state index is 13.4. The smallest absolute Gasteiger partial charge is 0.247 e. The predicted octanol–water partition coefficient (Wildman–Crippen LogP) is 5.00. The Bertz CT molecular complexity index is 954. The van der Waals surface area contributed by atoms with Gasteiger partial charge in [-0.15, -0.1) is 0 Å². The molecule has 0 bridgehead atoms. The van der Waals surface area contributed by atoms with Gasteiger partial charge in [0.05, 0.1) is 25.4 Å². The van der Waals surface area contributed by atoms with Gasteiger partial charge >= 0.3 is 0 Å². The molecule has 2 aliphatic rings. The van der Waals surface area contributed by atoms with Crippen molar-refractivity contribution in [2.45, 2.75) is 50.7 Å². The molecule has 1 saturated heterocycles. The number of amides is 1. The predicted molar refractivity (Wildman–Crippen MR) is 126 cm³/mol. The second-order valence-electron chi connectivity index (χ2n) is 8.76. The molecule has 2 aromatic carbocycles. The summed E-state index contributed by atoms with van der Waals surface area (Å²) in [7, 11) is 1.64. The molecule has 4 rings (SSSR count). The molecule has 1 heterocycles. The Morgan fingerprint density at radius 1 is 1.16 bits per heavy atom. The first-order valence-electron chi connectivity index (χ1n) is 11.6. The van der Waals surface area contributed by atoms with Crippen LogP contribution in [0.1, 0.15) is 56.2 Å². The SMILES string of the molecule is CCOc1ccccc1[C@H]1[C@@H]2CCCC[C@]2(O)CCN1C(=O)/C=C/c1ccc(OC)cc1. The highest BCUT2D eigenvalue weighted by Gasteiger charge is 2.50. The van der Waals surface area contributed by atoms with Crippen molar-refractivity contribution in [1.29, 1.82) is 0 Å². The fraction of sp³-hybridized carbons (Fsp3) is 0.444. The van der Waals surface area contributed by atoms with Crippen molar-refractivity contribution in [3.63, 3.8) is 0 Å². The second kappa shape index (κ2) is 9.78. The number of piperidine rings is 1. The van der Waals surface area contributed by atoms with Crippen LogP contribution in [-0.4, -0.2) is 41.8 Å². The van der Waals surface area contributed by atoms with Crippen molar-refractivity contribution in [2.75, 3.05) is 20.3 Å². The Balaban J connectivity index is 1.66. The van der Waals surface area contributed by atoms with Crippen LogP contribution in [0.15, 0.2) is 54.6 Å². The highest BCUT2D eigenvalue weighted by atomic mass is 16.5. The fourth-order valence-corrected chi connectivity index (χ4v) is 5.30. The minimum atomic E-state index is -0.723. The van der Waals surface area contributed by atoms with E-state index in [2.05, 4.69) is 0 Å². The number of rotatable bonds is 6. The largest absolute Gasteiger partial charge is 0.497 e. The molecule has 3 atom stereocenters. The van der Waals surface area contributed by atoms with Crippen LogP contribution in [0.25, 0.3) is 6.08 Å². The molecule has 2 fully saturated rings. The number of likely N-dealkylation sites (tertiary alicyclic amines) is 1. The minimum absolute atomic E-state index is 0.00458. The summed E-state index contributed by atoms with van der Waals surface area (Å²) in [6.07, 6.45) is 7.93. The van der Waals surface area contributed by atoms with E-state index in [0.29, 0.717) is 19.6 Å². The van der Waals surface area contributed by atoms with Crippen molar-refractivity contribution in [3.05, 3.63) is 65.7 Å². The van der Waals surface area contributed by atoms with E-state index in [-0.39, 0.29) is 17.9 Å². The van der Waals surface area contributed by atoms with Crippen LogP contribution >= 0.6 is 0 Å². The second-order valence-corrected chi connectivity index (χ2v) is 8.76. The van der Waals surface area contributed by atoms with Gasteiger partial charge in [0.15, 0.2) is 0 Å². The number of fused-ring (bicyclic) bond motifs is 1. The lowest BCUT2D eigenvalue weighted by molar-refractivity contribution is -0.151. The summed E-state index contributed by atoms with van der Waals surface area (Å²) in [5.41, 5.74) is 1.21. The molecule has 0 spiro atoms. The number of para-hydroxylation sites is 1. The van der Waals surface area contributed by atoms with E-state index in [0.717, 1.165) is 48.3 Å². The number of hydrogen-bond donors (Lipinski definition) is 1. The Kier molecular flexibility index (Phi) is 6.85. The van der Waals surface area contributed by atoms with Gasteiger partial charge in [0.25, 0.3) is 0 Å². The summed E-state index contributed by atoms with van der Waals surface area (Å²) in [5, 5.41) is 11.5. The molecule has 5 heteroatoms. The molecule has 0 aromatic heterocycles. The molecule has 0 unspecified atom stereocenters. The van der Waals surface area contributed by atoms with Gasteiger partial charge in [-0.05, 0) is 56.0 Å². The number of carbonyl (C=O) groups is 1. The Labute approximate surface area is 190 Å². The first-order valence-corrected chi connectivity index (χ1v) is 11.6. The fourth-order valence-electron chi connectivity index (χ4n) is 5.30. The van der Waals surface area contributed by atoms with Crippen molar-refractivity contribution < 1.29 is 19.4 Å². The van der Waals surface area contributed by atoms with Crippen molar-refractivity contribution in [2.24, 2.45) is 5.92 Å². The summed E-state index contributed by atoms with van der Waals surface area (Å²) < 4.78 is 11.1. The van der Waals surface area contributed by atoms with Gasteiger partial charge in [-0.2, -0.15) is 0 Å². The molecular formula is C27H33NO4. The third kappa shape index (κ3) is 4.53. The zero-order valence-electron chi connectivity index (χ0n) is 19.0. The quantitative estimate of drug-likeness (QED) is 0.649. The third-order valence-electron chi connectivity index (χ3n) is 6.92. The normalized spacial score (nSPS) is 25.4. The van der Waals surface area contributed by atoms with E-state index in [1.165, 1.54) is 0 Å². The molecule has 0 radical (unpaired) electrons. The number of methoxy groups -OCH3 is 1. The lowest BCUT2D eigenvalue weighted by Crippen LogP contribution is -2.56. The van der Waals surface area contributed by atoms with Crippen LogP contribution in [0.4, 0.5) is 0 Å². The minimum Gasteiger partial charge on any atom is -0.497 e. The monoisotopic (exact) mass is 435 g/mol. The molecular weight excluding hydrogens is 402 g/mol. The topological polar surface area (TPSA) is 59.0 Å². The standard InChI is InChI=1S/C27H33NO4/c1-3-32-24-10-5-4-8-22(24)26-23-9-6-7-17-27(23,30)18-19-28(26)25(29)16-13-20-11-14-21(31-2)15-12-20/h4-5,8,10-16,23,26,30H,3,6-7,9,17-19H2,1-2H3/b16-13+/t23-,26-,27-/m0/s1. The number of aliphatic hydroxyl groups is 1. The zero-order chi connectivity index (χ0) is 22.6. The summed E-state index contributed by atoms with van der Waals surface area (Å²) in [6, 6.07) is 15.4. The number of carbonyl (C=O) groups excluding carboxylic acids is 1. The molecule has 2 aromatic rings. The first-order chi connectivity index (χ1) is 15.6. The maximum absolute atomic E-state index is 13.4. The molecule has 1 aliphatic heterocycles. The molecule has 1 N–H and O–H groups in total. The molecule has 1 amide bonds. The summed E-state index contributed by atoms with van der Waals surface area (Å²) in [5.74, 6) is 1.55. The maximum Gasteiger partial charge on any atom is 0.247 e. The van der Waals surface area contributed by atoms with Gasteiger partial charge in [0, 0.05) is 24.1 Å². The van der Waals surface area contributed by atoms with Crippen molar-refractivity contribution >= 4 is 12.0 Å². The lowest BCUT2D eigenvalue weighted by Gasteiger charge is -2.52. The molecule has 1 aliphatic carbocycles. The number of ether oxygens (including phenoxy) is 2. The van der Waals surface area contributed by atoms with Crippen LogP contribution in [0.3, 0.4) is 0 Å². The van der Waals surface area contributed by atoms with E-state index in [4.69, 9.17) is 9.47 Å². The van der Waals surface area contributed by atoms with Gasteiger partial charge in [-0.3, -0.25) is 4.79 Å². The Morgan fingerprint density at radius 3 is 2.69 bits per heavy atom. The third-order valence-corrected chi connectivity index (χ3v) is 6.92. The molecule has 32 heavy (non-hydrogen) atoms. The highest BCUT2D eigenvalue weighted by molar-refractivity contribution is 5.92. The van der Waals surface area contributed by atoms with Crippen LogP contribution in [0, 0.1) is 5.92 Å². The Hall–Kier alpha value is -2.79. The number of benzene rings is 2. The van der Waals surface area contributed by atoms with E-state index < -0.39 is 5.60 Å². The van der Waals surface area contributed by atoms with Crippen molar-refractivity contribution in [3.8, 4) is 11.5 Å². The van der Waals surface area contributed by atoms with Crippen LogP contribution in [0.2, 0.25) is 0 Å². The van der Waals surface area contributed by atoms with Crippen molar-refractivity contribution in [1.82, 2.24) is 4.90 Å². The first kappa shape index (κ1) is 22.4. The van der Waals surface area contributed by atoms with Gasteiger partial charge in [0.1, 0.15) is 11.5 Å². The molecule has 1 saturated carbocycles. The van der Waals surface area contributed by atoms with Gasteiger partial charge < -0.3 is 19.5 Å². The summed E-state index contributed by atoms with van der Waals surface area (Å²) in [4.78, 5) is 15.4. The van der Waals surface area contributed by atoms with Gasteiger partial charge in [-0.1, -0.05) is 43.2 Å². The van der Waals surface area contributed by atoms with Crippen LogP contribution in [0.5, 0.6) is 11.5 Å². The van der Waals surface area contributed by atoms with E-state index in [1.807, 2.05) is 66.4 Å². The van der Waals surface area contributed by atoms with E-state index in [9.17, 15) is 9.90 Å². The van der Waals surface area contributed by atoms with Gasteiger partial charge in [-0.25, -0.2) is 0 Å². The number of nitrogens with zero attached hydrogens (tertiary/aromatic N) is 1. The van der Waals surface area contributed by atoms with E-state index in [1.54, 1.807) is 13.2 Å². The van der Waals surface area contributed by atoms with E-state index >= 15 is 0 Å².